The van der Waals surface area contributed by atoms with Crippen LogP contribution in [-0.2, 0) is 16.8 Å². The van der Waals surface area contributed by atoms with Gasteiger partial charge in [0.25, 0.3) is 14.1 Å². The second kappa shape index (κ2) is 21.1. The summed E-state index contributed by atoms with van der Waals surface area (Å²) in [5, 5.41) is 4.48. The zero-order valence-corrected chi connectivity index (χ0v) is 13.8. The monoisotopic (exact) mass is 322 g/mol. The van der Waals surface area contributed by atoms with Gasteiger partial charge in [0.05, 0.1) is 0 Å². The van der Waals surface area contributed by atoms with E-state index in [1.807, 2.05) is 18.2 Å². The zero-order valence-electron chi connectivity index (χ0n) is 10.1. The summed E-state index contributed by atoms with van der Waals surface area (Å²) in [5.74, 6) is 0. The molecule has 0 bridgehead atoms. The van der Waals surface area contributed by atoms with Crippen molar-refractivity contribution in [1.29, 1.82) is 0 Å². The van der Waals surface area contributed by atoms with Crippen molar-refractivity contribution < 1.29 is 41.6 Å². The number of aromatic nitrogens is 1. The first-order chi connectivity index (χ1) is 6.35. The standard InChI is InChI=1S/C5H5N.3C2H5.Al.2ClH.Co/c1-2-4-6-5-3-1;3*1-2;;;;/h1-5H;3*1H2,2H3;;2*1H;/q;;;;;;;+2/p-2. The number of rotatable bonds is 3. The Bertz CT molecular complexity index is 154. The van der Waals surface area contributed by atoms with Gasteiger partial charge in [-0.05, 0) is 12.1 Å². The smallest absolute Gasteiger partial charge is 1.00 e. The Morgan fingerprint density at radius 1 is 0.812 bits per heavy atom. The zero-order chi connectivity index (χ0) is 9.94. The summed E-state index contributed by atoms with van der Waals surface area (Å²) in [4.78, 5) is 3.78. The molecule has 1 aromatic heterocycles. The van der Waals surface area contributed by atoms with Crippen LogP contribution in [0, 0.1) is 0 Å². The van der Waals surface area contributed by atoms with Gasteiger partial charge in [0, 0.05) is 12.4 Å². The number of hydrogen-bond acceptors (Lipinski definition) is 1. The molecule has 0 aliphatic carbocycles. The largest absolute Gasteiger partial charge is 2.00 e. The third-order valence-electron chi connectivity index (χ3n) is 2.30. The fourth-order valence-electron chi connectivity index (χ4n) is 1.18. The molecule has 0 amide bonds. The molecule has 0 aromatic carbocycles. The van der Waals surface area contributed by atoms with E-state index in [1.165, 1.54) is 15.8 Å². The molecule has 1 rings (SSSR count). The maximum atomic E-state index is 3.78. The average Bonchev–Trinajstić information content (AvgIpc) is 2.24. The molecule has 0 fully saturated rings. The Labute approximate surface area is 127 Å². The first-order valence-corrected chi connectivity index (χ1v) is 7.65. The third kappa shape index (κ3) is 17.2. The molecule has 0 atom stereocenters. The van der Waals surface area contributed by atoms with E-state index in [9.17, 15) is 0 Å². The predicted octanol–water partition coefficient (Wildman–Crippen LogP) is -2.37. The molecule has 0 saturated heterocycles. The molecule has 0 unspecified atom stereocenters. The van der Waals surface area contributed by atoms with Crippen molar-refractivity contribution in [3.8, 4) is 0 Å². The SMILES string of the molecule is C[CH2][Al]([CH2]C)[CH2]C.[Cl-].[Cl-].[Co+2].c1ccncc1. The molecule has 16 heavy (non-hydrogen) atoms. The van der Waals surface area contributed by atoms with Crippen LogP contribution in [0.1, 0.15) is 20.8 Å². The first kappa shape index (κ1) is 25.6. The van der Waals surface area contributed by atoms with Crippen LogP contribution >= 0.6 is 0 Å². The van der Waals surface area contributed by atoms with Gasteiger partial charge in [-0.25, -0.2) is 0 Å². The van der Waals surface area contributed by atoms with Crippen molar-refractivity contribution in [3.63, 3.8) is 0 Å². The quantitative estimate of drug-likeness (QED) is 0.567. The number of hydrogen-bond donors (Lipinski definition) is 0. The topological polar surface area (TPSA) is 12.9 Å². The van der Waals surface area contributed by atoms with Crippen molar-refractivity contribution >= 4 is 14.1 Å². The van der Waals surface area contributed by atoms with Crippen LogP contribution in [-0.4, -0.2) is 19.1 Å². The van der Waals surface area contributed by atoms with Crippen LogP contribution in [0.5, 0.6) is 0 Å². The van der Waals surface area contributed by atoms with Crippen molar-refractivity contribution in [1.82, 2.24) is 4.98 Å². The molecule has 5 heteroatoms. The molecule has 0 N–H and O–H groups in total. The number of pyridine rings is 1. The summed E-state index contributed by atoms with van der Waals surface area (Å²) in [7, 11) is 0. The van der Waals surface area contributed by atoms with E-state index in [1.54, 1.807) is 12.4 Å². The van der Waals surface area contributed by atoms with E-state index in [4.69, 9.17) is 0 Å². The Hall–Kier alpha value is 0.769. The van der Waals surface area contributed by atoms with Gasteiger partial charge in [-0.15, -0.1) is 0 Å². The second-order valence-corrected chi connectivity index (χ2v) is 7.30. The van der Waals surface area contributed by atoms with Crippen LogP contribution in [0.2, 0.25) is 15.8 Å². The Kier molecular flexibility index (Phi) is 33.7. The molecular formula is C11H20AlCl2CoN. The van der Waals surface area contributed by atoms with Gasteiger partial charge in [-0.2, -0.15) is 0 Å². The van der Waals surface area contributed by atoms with Crippen molar-refractivity contribution in [3.05, 3.63) is 30.6 Å². The molecule has 0 saturated carbocycles. The van der Waals surface area contributed by atoms with E-state index in [0.717, 1.165) is 0 Å². The number of halogens is 2. The molecule has 0 spiro atoms. The molecule has 95 valence electrons. The molecule has 0 aliphatic heterocycles. The van der Waals surface area contributed by atoms with Crippen LogP contribution < -0.4 is 24.8 Å². The summed E-state index contributed by atoms with van der Waals surface area (Å²) < 4.78 is 0. The summed E-state index contributed by atoms with van der Waals surface area (Å²) in [6.07, 6.45) is 3.50. The van der Waals surface area contributed by atoms with Gasteiger partial charge in [-0.1, -0.05) is 42.7 Å². The molecule has 0 aliphatic rings. The van der Waals surface area contributed by atoms with Crippen LogP contribution in [0.3, 0.4) is 0 Å². The summed E-state index contributed by atoms with van der Waals surface area (Å²) in [6, 6.07) is 5.72. The van der Waals surface area contributed by atoms with Crippen LogP contribution in [0.25, 0.3) is 0 Å². The minimum absolute atomic E-state index is 0. The molecule has 1 nitrogen and oxygen atoms in total. The Morgan fingerprint density at radius 3 is 1.25 bits per heavy atom. The van der Waals surface area contributed by atoms with E-state index >= 15 is 0 Å². The van der Waals surface area contributed by atoms with E-state index < -0.39 is 0 Å². The Balaban J connectivity index is -0.0000000760. The van der Waals surface area contributed by atoms with Crippen LogP contribution in [0.15, 0.2) is 30.6 Å². The maximum absolute atomic E-state index is 3.78. The van der Waals surface area contributed by atoms with E-state index in [0.29, 0.717) is 0 Å². The van der Waals surface area contributed by atoms with E-state index in [-0.39, 0.29) is 55.7 Å². The third-order valence-corrected chi connectivity index (χ3v) is 5.76. The predicted molar refractivity (Wildman–Crippen MR) is 61.4 cm³/mol. The Morgan fingerprint density at radius 2 is 1.19 bits per heavy atom. The van der Waals surface area contributed by atoms with Gasteiger partial charge in [-0.3, -0.25) is 4.98 Å². The first-order valence-electron chi connectivity index (χ1n) is 5.20. The minimum atomic E-state index is -0.171. The normalized spacial score (nSPS) is 6.94. The summed E-state index contributed by atoms with van der Waals surface area (Å²) in [6.45, 7) is 6.97. The van der Waals surface area contributed by atoms with Crippen LogP contribution in [0.4, 0.5) is 0 Å². The van der Waals surface area contributed by atoms with Gasteiger partial charge in [0.15, 0.2) is 0 Å². The second-order valence-electron chi connectivity index (χ2n) is 3.12. The molecule has 1 radical (unpaired) electrons. The fraction of sp³-hybridized carbons (Fsp3) is 0.545. The average molecular weight is 323 g/mol. The van der Waals surface area contributed by atoms with Gasteiger partial charge in [0.1, 0.15) is 0 Å². The van der Waals surface area contributed by atoms with Crippen molar-refractivity contribution in [2.75, 3.05) is 0 Å². The minimum Gasteiger partial charge on any atom is -1.00 e. The maximum Gasteiger partial charge on any atom is 2.00 e. The fourth-order valence-corrected chi connectivity index (χ4v) is 2.91. The molecule has 1 heterocycles. The van der Waals surface area contributed by atoms with Gasteiger partial charge < -0.3 is 24.8 Å². The van der Waals surface area contributed by atoms with Crippen molar-refractivity contribution in [2.45, 2.75) is 36.6 Å². The summed E-state index contributed by atoms with van der Waals surface area (Å²) >= 11 is -0.171. The van der Waals surface area contributed by atoms with Gasteiger partial charge in [0.2, 0.25) is 0 Å². The van der Waals surface area contributed by atoms with Gasteiger partial charge >= 0.3 is 16.8 Å². The molecule has 1 aromatic rings. The molecular weight excluding hydrogens is 303 g/mol. The van der Waals surface area contributed by atoms with E-state index in [2.05, 4.69) is 25.8 Å². The number of nitrogens with zero attached hydrogens (tertiary/aromatic N) is 1. The summed E-state index contributed by atoms with van der Waals surface area (Å²) in [5.41, 5.74) is 0. The van der Waals surface area contributed by atoms with Crippen molar-refractivity contribution in [2.24, 2.45) is 0 Å².